The lowest BCUT2D eigenvalue weighted by Crippen LogP contribution is -2.31. The molecule has 18 heavy (non-hydrogen) atoms. The van der Waals surface area contributed by atoms with E-state index in [1.807, 2.05) is 0 Å². The molecule has 3 heteroatoms. The summed E-state index contributed by atoms with van der Waals surface area (Å²) in [5.41, 5.74) is 0. The van der Waals surface area contributed by atoms with E-state index in [2.05, 4.69) is 19.2 Å². The predicted octanol–water partition coefficient (Wildman–Crippen LogP) is 2.45. The molecule has 3 nitrogen and oxygen atoms in total. The zero-order valence-electron chi connectivity index (χ0n) is 12.0. The summed E-state index contributed by atoms with van der Waals surface area (Å²) in [5, 5.41) is 3.48. The van der Waals surface area contributed by atoms with E-state index in [0.717, 1.165) is 50.7 Å². The maximum atomic E-state index is 5.99. The molecule has 1 heterocycles. The summed E-state index contributed by atoms with van der Waals surface area (Å²) in [5.74, 6) is 2.39. The van der Waals surface area contributed by atoms with Gasteiger partial charge < -0.3 is 14.8 Å². The molecule has 0 amide bonds. The second kappa shape index (κ2) is 7.46. The molecule has 3 unspecified atom stereocenters. The largest absolute Gasteiger partial charge is 0.381 e. The van der Waals surface area contributed by atoms with Gasteiger partial charge >= 0.3 is 0 Å². The van der Waals surface area contributed by atoms with Crippen molar-refractivity contribution >= 4 is 0 Å². The molecule has 2 aliphatic rings. The number of ether oxygens (including phenoxy) is 2. The van der Waals surface area contributed by atoms with Crippen LogP contribution < -0.4 is 5.32 Å². The van der Waals surface area contributed by atoms with Gasteiger partial charge in [0.05, 0.1) is 19.3 Å². The lowest BCUT2D eigenvalue weighted by molar-refractivity contribution is 0.00250. The van der Waals surface area contributed by atoms with Crippen molar-refractivity contribution in [1.82, 2.24) is 5.32 Å². The molecule has 3 atom stereocenters. The fraction of sp³-hybridized carbons (Fsp3) is 1.00. The van der Waals surface area contributed by atoms with Crippen LogP contribution in [0.5, 0.6) is 0 Å². The Labute approximate surface area is 112 Å². The minimum Gasteiger partial charge on any atom is -0.381 e. The molecule has 1 saturated heterocycles. The molecule has 0 bridgehead atoms. The topological polar surface area (TPSA) is 30.5 Å². The van der Waals surface area contributed by atoms with Gasteiger partial charge in [-0.05, 0) is 43.4 Å². The smallest absolute Gasteiger partial charge is 0.0594 e. The Hall–Kier alpha value is -0.120. The van der Waals surface area contributed by atoms with Crippen LogP contribution in [0.15, 0.2) is 0 Å². The Morgan fingerprint density at radius 3 is 2.61 bits per heavy atom. The maximum Gasteiger partial charge on any atom is 0.0594 e. The Bertz CT molecular complexity index is 219. The highest BCUT2D eigenvalue weighted by Crippen LogP contribution is 2.30. The summed E-state index contributed by atoms with van der Waals surface area (Å²) in [4.78, 5) is 0. The van der Waals surface area contributed by atoms with E-state index >= 15 is 0 Å². The van der Waals surface area contributed by atoms with Gasteiger partial charge in [0.2, 0.25) is 0 Å². The average molecular weight is 255 g/mol. The third-order valence-electron chi connectivity index (χ3n) is 4.22. The van der Waals surface area contributed by atoms with Crippen LogP contribution in [0.1, 0.15) is 39.5 Å². The van der Waals surface area contributed by atoms with Gasteiger partial charge in [0.1, 0.15) is 0 Å². The first kappa shape index (κ1) is 14.3. The monoisotopic (exact) mass is 255 g/mol. The van der Waals surface area contributed by atoms with Crippen LogP contribution in [0.3, 0.4) is 0 Å². The van der Waals surface area contributed by atoms with Crippen LogP contribution in [-0.2, 0) is 9.47 Å². The predicted molar refractivity (Wildman–Crippen MR) is 73.7 cm³/mol. The molecule has 0 radical (unpaired) electrons. The van der Waals surface area contributed by atoms with Gasteiger partial charge in [0.15, 0.2) is 0 Å². The highest BCUT2D eigenvalue weighted by Gasteiger charge is 2.24. The SMILES string of the molecule is CC1CC(C)CC(OCCNCC2CCOC2)C1. The average Bonchev–Trinajstić information content (AvgIpc) is 2.80. The Morgan fingerprint density at radius 2 is 1.94 bits per heavy atom. The summed E-state index contributed by atoms with van der Waals surface area (Å²) < 4.78 is 11.4. The van der Waals surface area contributed by atoms with Crippen LogP contribution in [-0.4, -0.2) is 39.0 Å². The quantitative estimate of drug-likeness (QED) is 0.740. The van der Waals surface area contributed by atoms with Gasteiger partial charge in [-0.1, -0.05) is 13.8 Å². The van der Waals surface area contributed by atoms with Crippen molar-refractivity contribution in [1.29, 1.82) is 0 Å². The van der Waals surface area contributed by atoms with Crippen LogP contribution >= 0.6 is 0 Å². The van der Waals surface area contributed by atoms with E-state index < -0.39 is 0 Å². The molecule has 1 aliphatic carbocycles. The van der Waals surface area contributed by atoms with Gasteiger partial charge in [0, 0.05) is 19.7 Å². The molecule has 0 aromatic carbocycles. The first-order valence-corrected chi connectivity index (χ1v) is 7.64. The third-order valence-corrected chi connectivity index (χ3v) is 4.22. The van der Waals surface area contributed by atoms with Crippen LogP contribution in [0.4, 0.5) is 0 Å². The second-order valence-electron chi connectivity index (χ2n) is 6.34. The summed E-state index contributed by atoms with van der Waals surface area (Å²) in [7, 11) is 0. The Balaban J connectivity index is 1.49. The number of nitrogens with one attached hydrogen (secondary N) is 1. The number of hydrogen-bond acceptors (Lipinski definition) is 3. The third kappa shape index (κ3) is 4.87. The Morgan fingerprint density at radius 1 is 1.17 bits per heavy atom. The van der Waals surface area contributed by atoms with Crippen molar-refractivity contribution in [2.24, 2.45) is 17.8 Å². The number of hydrogen-bond donors (Lipinski definition) is 1. The molecule has 2 rings (SSSR count). The zero-order chi connectivity index (χ0) is 12.8. The first-order valence-electron chi connectivity index (χ1n) is 7.64. The van der Waals surface area contributed by atoms with Gasteiger partial charge in [-0.2, -0.15) is 0 Å². The summed E-state index contributed by atoms with van der Waals surface area (Å²) in [6.45, 7) is 9.51. The highest BCUT2D eigenvalue weighted by atomic mass is 16.5. The fourth-order valence-corrected chi connectivity index (χ4v) is 3.36. The zero-order valence-corrected chi connectivity index (χ0v) is 12.0. The highest BCUT2D eigenvalue weighted by molar-refractivity contribution is 4.75. The first-order chi connectivity index (χ1) is 8.74. The van der Waals surface area contributed by atoms with Gasteiger partial charge in [-0.15, -0.1) is 0 Å². The van der Waals surface area contributed by atoms with E-state index in [9.17, 15) is 0 Å². The summed E-state index contributed by atoms with van der Waals surface area (Å²) in [6.07, 6.45) is 5.59. The van der Waals surface area contributed by atoms with Crippen molar-refractivity contribution in [3.8, 4) is 0 Å². The van der Waals surface area contributed by atoms with E-state index in [4.69, 9.17) is 9.47 Å². The van der Waals surface area contributed by atoms with E-state index in [-0.39, 0.29) is 0 Å². The minimum atomic E-state index is 0.500. The second-order valence-corrected chi connectivity index (χ2v) is 6.34. The molecule has 0 spiro atoms. The summed E-state index contributed by atoms with van der Waals surface area (Å²) in [6, 6.07) is 0. The molecule has 1 aliphatic heterocycles. The molecule has 1 saturated carbocycles. The standard InChI is InChI=1S/C15H29NO2/c1-12-7-13(2)9-15(8-12)18-6-4-16-10-14-3-5-17-11-14/h12-16H,3-11H2,1-2H3. The number of rotatable bonds is 6. The van der Waals surface area contributed by atoms with Gasteiger partial charge in [0.25, 0.3) is 0 Å². The fourth-order valence-electron chi connectivity index (χ4n) is 3.36. The lowest BCUT2D eigenvalue weighted by atomic mass is 9.82. The Kier molecular flexibility index (Phi) is 5.93. The molecule has 0 aromatic rings. The van der Waals surface area contributed by atoms with Crippen molar-refractivity contribution in [3.05, 3.63) is 0 Å². The molecule has 106 valence electrons. The van der Waals surface area contributed by atoms with Crippen LogP contribution in [0.25, 0.3) is 0 Å². The molecule has 1 N–H and O–H groups in total. The van der Waals surface area contributed by atoms with Gasteiger partial charge in [-0.25, -0.2) is 0 Å². The van der Waals surface area contributed by atoms with E-state index in [1.165, 1.54) is 25.7 Å². The lowest BCUT2D eigenvalue weighted by Gasteiger charge is -2.31. The molecule has 2 fully saturated rings. The van der Waals surface area contributed by atoms with Crippen LogP contribution in [0, 0.1) is 17.8 Å². The maximum absolute atomic E-state index is 5.99. The van der Waals surface area contributed by atoms with Crippen molar-refractivity contribution in [3.63, 3.8) is 0 Å². The van der Waals surface area contributed by atoms with Crippen molar-refractivity contribution in [2.45, 2.75) is 45.6 Å². The van der Waals surface area contributed by atoms with Gasteiger partial charge in [-0.3, -0.25) is 0 Å². The molecular weight excluding hydrogens is 226 g/mol. The summed E-state index contributed by atoms with van der Waals surface area (Å²) >= 11 is 0. The molecular formula is C15H29NO2. The molecule has 0 aromatic heterocycles. The minimum absolute atomic E-state index is 0.500. The van der Waals surface area contributed by atoms with E-state index in [1.54, 1.807) is 0 Å². The van der Waals surface area contributed by atoms with Crippen LogP contribution in [0.2, 0.25) is 0 Å². The van der Waals surface area contributed by atoms with Crippen molar-refractivity contribution in [2.75, 3.05) is 32.9 Å². The van der Waals surface area contributed by atoms with E-state index in [0.29, 0.717) is 6.10 Å². The van der Waals surface area contributed by atoms with Crippen molar-refractivity contribution < 1.29 is 9.47 Å². The normalized spacial score (nSPS) is 37.0.